The number of aryl methyl sites for hydroxylation is 1. The van der Waals surface area contributed by atoms with E-state index in [0.29, 0.717) is 17.6 Å². The van der Waals surface area contributed by atoms with Crippen molar-refractivity contribution < 1.29 is 0 Å². The van der Waals surface area contributed by atoms with Crippen LogP contribution in [-0.2, 0) is 6.54 Å². The van der Waals surface area contributed by atoms with Gasteiger partial charge < -0.3 is 14.9 Å². The fraction of sp³-hybridized carbons (Fsp3) is 0.190. The largest absolute Gasteiger partial charge is 0.338 e. The van der Waals surface area contributed by atoms with E-state index in [9.17, 15) is 0 Å². The first-order valence-electron chi connectivity index (χ1n) is 9.71. The fourth-order valence-corrected chi connectivity index (χ4v) is 3.45. The molecule has 31 heavy (non-hydrogen) atoms. The second kappa shape index (κ2) is 9.00. The third-order valence-corrected chi connectivity index (χ3v) is 5.43. The minimum Gasteiger partial charge on any atom is -0.338 e. The van der Waals surface area contributed by atoms with Gasteiger partial charge in [0.1, 0.15) is 11.3 Å². The lowest BCUT2D eigenvalue weighted by Gasteiger charge is -2.22. The Morgan fingerprint density at radius 2 is 2.00 bits per heavy atom. The van der Waals surface area contributed by atoms with Crippen molar-refractivity contribution in [2.75, 3.05) is 28.2 Å². The molecule has 0 saturated carbocycles. The molecule has 0 aliphatic carbocycles. The lowest BCUT2D eigenvalue weighted by atomic mass is 10.2. The topological polar surface area (TPSA) is 96.7 Å². The van der Waals surface area contributed by atoms with Gasteiger partial charge in [-0.25, -0.2) is 4.98 Å². The van der Waals surface area contributed by atoms with Crippen molar-refractivity contribution in [3.63, 3.8) is 0 Å². The Morgan fingerprint density at radius 1 is 1.16 bits per heavy atom. The number of aromatic nitrogens is 6. The molecule has 1 aromatic carbocycles. The van der Waals surface area contributed by atoms with Gasteiger partial charge in [0.2, 0.25) is 5.95 Å². The van der Waals surface area contributed by atoms with Crippen molar-refractivity contribution in [2.45, 2.75) is 13.5 Å². The molecule has 0 fully saturated rings. The molecule has 3 aromatic heterocycles. The zero-order valence-electron chi connectivity index (χ0n) is 17.6. The highest BCUT2D eigenvalue weighted by molar-refractivity contribution is 7.99. The highest BCUT2D eigenvalue weighted by atomic mass is 32.2. The highest BCUT2D eigenvalue weighted by Crippen LogP contribution is 2.36. The van der Waals surface area contributed by atoms with E-state index in [-0.39, 0.29) is 0 Å². The minimum atomic E-state index is 0.440. The maximum Gasteiger partial charge on any atom is 0.230 e. The van der Waals surface area contributed by atoms with Crippen LogP contribution in [0.1, 0.15) is 12.5 Å². The van der Waals surface area contributed by atoms with E-state index in [1.54, 1.807) is 36.6 Å². The van der Waals surface area contributed by atoms with Crippen LogP contribution >= 0.6 is 11.9 Å². The first kappa shape index (κ1) is 20.6. The molecular formula is C21H23N9S. The average molecular weight is 434 g/mol. The number of nitrogens with zero attached hydrogens (tertiary/aromatic N) is 7. The van der Waals surface area contributed by atoms with E-state index in [0.717, 1.165) is 34.5 Å². The number of nitrogens with one attached hydrogen (secondary N) is 2. The van der Waals surface area contributed by atoms with Gasteiger partial charge in [0.25, 0.3) is 0 Å². The third kappa shape index (κ3) is 4.29. The molecule has 0 saturated heterocycles. The molecule has 0 aliphatic heterocycles. The molecule has 0 aliphatic rings. The number of hydrogen-bond acceptors (Lipinski definition) is 9. The second-order valence-corrected chi connectivity index (χ2v) is 7.49. The van der Waals surface area contributed by atoms with E-state index in [2.05, 4.69) is 42.2 Å². The molecule has 3 heterocycles. The number of hydrogen-bond donors (Lipinski definition) is 2. The molecule has 0 spiro atoms. The van der Waals surface area contributed by atoms with Crippen LogP contribution in [0.2, 0.25) is 0 Å². The monoisotopic (exact) mass is 433 g/mol. The second-order valence-electron chi connectivity index (χ2n) is 6.57. The Kier molecular flexibility index (Phi) is 5.99. The van der Waals surface area contributed by atoms with Crippen LogP contribution in [0, 0.1) is 0 Å². The molecule has 2 N–H and O–H groups in total. The zero-order valence-corrected chi connectivity index (χ0v) is 18.4. The van der Waals surface area contributed by atoms with Crippen LogP contribution in [-0.4, -0.2) is 43.0 Å². The summed E-state index contributed by atoms with van der Waals surface area (Å²) < 4.78 is 3.88. The van der Waals surface area contributed by atoms with Gasteiger partial charge in [-0.05, 0) is 19.1 Å². The van der Waals surface area contributed by atoms with Crippen molar-refractivity contribution in [2.24, 2.45) is 0 Å². The van der Waals surface area contributed by atoms with E-state index < -0.39 is 0 Å². The normalized spacial score (nSPS) is 10.8. The lowest BCUT2D eigenvalue weighted by Crippen LogP contribution is -2.11. The van der Waals surface area contributed by atoms with Gasteiger partial charge in [0.15, 0.2) is 5.82 Å². The van der Waals surface area contributed by atoms with Gasteiger partial charge in [-0.15, -0.1) is 0 Å². The first-order valence-corrected chi connectivity index (χ1v) is 10.9. The van der Waals surface area contributed by atoms with Gasteiger partial charge in [0.05, 0.1) is 16.9 Å². The number of fused-ring (bicyclic) bond motifs is 1. The number of rotatable bonds is 8. The van der Waals surface area contributed by atoms with Crippen LogP contribution in [0.3, 0.4) is 0 Å². The molecule has 0 atom stereocenters. The van der Waals surface area contributed by atoms with Crippen molar-refractivity contribution in [3.8, 4) is 0 Å². The van der Waals surface area contributed by atoms with E-state index in [4.69, 9.17) is 0 Å². The summed E-state index contributed by atoms with van der Waals surface area (Å²) in [6.07, 6.45) is 10.7. The molecule has 0 bridgehead atoms. The van der Waals surface area contributed by atoms with Gasteiger partial charge in [-0.3, -0.25) is 14.6 Å². The molecule has 0 amide bonds. The van der Waals surface area contributed by atoms with Gasteiger partial charge in [-0.1, -0.05) is 24.6 Å². The maximum absolute atomic E-state index is 4.66. The predicted octanol–water partition coefficient (Wildman–Crippen LogP) is 4.48. The van der Waals surface area contributed by atoms with Gasteiger partial charge in [0, 0.05) is 56.3 Å². The maximum atomic E-state index is 4.66. The van der Waals surface area contributed by atoms with Crippen LogP contribution in [0.15, 0.2) is 49.6 Å². The molecule has 4 aromatic rings. The van der Waals surface area contributed by atoms with Crippen LogP contribution in [0.25, 0.3) is 17.1 Å². The summed E-state index contributed by atoms with van der Waals surface area (Å²) in [4.78, 5) is 18.0. The first-order chi connectivity index (χ1) is 15.1. The number of anilines is 5. The zero-order chi connectivity index (χ0) is 21.8. The smallest absolute Gasteiger partial charge is 0.230 e. The van der Waals surface area contributed by atoms with Crippen molar-refractivity contribution in [1.29, 1.82) is 0 Å². The predicted molar refractivity (Wildman–Crippen MR) is 128 cm³/mol. The standard InChI is InChI=1S/C21H23N9S/c1-5-14-13-24-21(26-17-9-12-30(6-2)28-17)27-20(14)25-16-8-7-15-18(23-11-10-22-15)19(16)29(3)31-4/h5,7-13H,1,6H2,2-4H3,(H2,24,25,26,27,28). The minimum absolute atomic E-state index is 0.440. The summed E-state index contributed by atoms with van der Waals surface area (Å²) in [5.74, 6) is 1.75. The molecule has 10 heteroatoms. The van der Waals surface area contributed by atoms with Crippen molar-refractivity contribution >= 4 is 58.0 Å². The molecule has 0 unspecified atom stereocenters. The summed E-state index contributed by atoms with van der Waals surface area (Å²) in [5, 5.41) is 11.0. The highest BCUT2D eigenvalue weighted by Gasteiger charge is 2.16. The third-order valence-electron chi connectivity index (χ3n) is 4.70. The van der Waals surface area contributed by atoms with Gasteiger partial charge >= 0.3 is 0 Å². The summed E-state index contributed by atoms with van der Waals surface area (Å²) in [7, 11) is 1.99. The molecule has 158 valence electrons. The lowest BCUT2D eigenvalue weighted by molar-refractivity contribution is 0.662. The van der Waals surface area contributed by atoms with E-state index in [1.165, 1.54) is 0 Å². The average Bonchev–Trinajstić information content (AvgIpc) is 3.26. The van der Waals surface area contributed by atoms with Crippen molar-refractivity contribution in [1.82, 2.24) is 29.7 Å². The van der Waals surface area contributed by atoms with Crippen LogP contribution < -0.4 is 14.9 Å². The fourth-order valence-electron chi connectivity index (χ4n) is 3.08. The Hall–Kier alpha value is -3.66. The van der Waals surface area contributed by atoms with Crippen molar-refractivity contribution in [3.05, 3.63) is 55.1 Å². The Labute approximate surface area is 184 Å². The SMILES string of the molecule is C=Cc1cnc(Nc2ccn(CC)n2)nc1Nc1ccc2nccnc2c1N(C)SC. The summed E-state index contributed by atoms with van der Waals surface area (Å²) in [6.45, 7) is 6.72. The van der Waals surface area contributed by atoms with Gasteiger partial charge in [-0.2, -0.15) is 10.1 Å². The Morgan fingerprint density at radius 3 is 2.74 bits per heavy atom. The Balaban J connectivity index is 1.72. The summed E-state index contributed by atoms with van der Waals surface area (Å²) in [5.41, 5.74) is 4.18. The summed E-state index contributed by atoms with van der Waals surface area (Å²) in [6, 6.07) is 5.80. The number of benzene rings is 1. The summed E-state index contributed by atoms with van der Waals surface area (Å²) >= 11 is 1.59. The van der Waals surface area contributed by atoms with E-state index >= 15 is 0 Å². The van der Waals surface area contributed by atoms with E-state index in [1.807, 2.05) is 53.6 Å². The van der Waals surface area contributed by atoms with Crippen LogP contribution in [0.5, 0.6) is 0 Å². The Bertz CT molecular complexity index is 1220. The molecule has 9 nitrogen and oxygen atoms in total. The molecular weight excluding hydrogens is 410 g/mol. The quantitative estimate of drug-likeness (QED) is 0.390. The molecule has 0 radical (unpaired) electrons. The van der Waals surface area contributed by atoms with Crippen LogP contribution in [0.4, 0.5) is 29.0 Å². The molecule has 4 rings (SSSR count).